The molecule has 11 heteroatoms. The summed E-state index contributed by atoms with van der Waals surface area (Å²) >= 11 is 12.3. The van der Waals surface area contributed by atoms with Crippen LogP contribution in [0.1, 0.15) is 37.6 Å². The van der Waals surface area contributed by atoms with E-state index < -0.39 is 15.9 Å². The van der Waals surface area contributed by atoms with E-state index in [9.17, 15) is 13.2 Å². The third-order valence-electron chi connectivity index (χ3n) is 6.80. The number of nitrogens with zero attached hydrogens (tertiary/aromatic N) is 4. The fraction of sp³-hybridized carbons (Fsp3) is 0.320. The minimum Gasteiger partial charge on any atom is -0.351 e. The summed E-state index contributed by atoms with van der Waals surface area (Å²) in [5, 5.41) is 0.563. The van der Waals surface area contributed by atoms with Crippen molar-refractivity contribution in [2.24, 2.45) is 5.92 Å². The largest absolute Gasteiger partial charge is 0.351 e. The van der Waals surface area contributed by atoms with Gasteiger partial charge in [-0.25, -0.2) is 14.7 Å². The molecule has 0 spiro atoms. The number of amides is 1. The Bertz CT molecular complexity index is 1410. The maximum absolute atomic E-state index is 13.2. The SMILES string of the molecule is CC1CCN(c2ncccc2C(=O)NS(=O)(=O)c2cccc(N(C)c3ccc(Cl)cc3Cl)n2)C1(C)C. The van der Waals surface area contributed by atoms with E-state index in [2.05, 4.69) is 40.4 Å². The van der Waals surface area contributed by atoms with Gasteiger partial charge >= 0.3 is 0 Å². The Hall–Kier alpha value is -2.88. The second-order valence-electron chi connectivity index (χ2n) is 9.29. The Morgan fingerprint density at radius 1 is 1.17 bits per heavy atom. The molecule has 36 heavy (non-hydrogen) atoms. The van der Waals surface area contributed by atoms with Crippen LogP contribution < -0.4 is 14.5 Å². The summed E-state index contributed by atoms with van der Waals surface area (Å²) < 4.78 is 28.5. The van der Waals surface area contributed by atoms with Gasteiger partial charge < -0.3 is 9.80 Å². The van der Waals surface area contributed by atoms with E-state index in [0.29, 0.717) is 33.3 Å². The van der Waals surface area contributed by atoms with Crippen LogP contribution in [0.3, 0.4) is 0 Å². The standard InChI is InChI=1S/C25H27Cl2N5O3S/c1-16-12-14-32(25(16,2)3)23-18(7-6-13-28-23)24(33)30-36(34,35)22-9-5-8-21(29-22)31(4)20-11-10-17(26)15-19(20)27/h5-11,13,15-16H,12,14H2,1-4H3,(H,30,33). The molecular weight excluding hydrogens is 521 g/mol. The molecule has 1 aliphatic rings. The summed E-state index contributed by atoms with van der Waals surface area (Å²) in [7, 11) is -2.58. The maximum Gasteiger partial charge on any atom is 0.281 e. The predicted octanol–water partition coefficient (Wildman–Crippen LogP) is 5.29. The molecular formula is C25H27Cl2N5O3S. The molecule has 0 saturated carbocycles. The fourth-order valence-electron chi connectivity index (χ4n) is 4.24. The first kappa shape index (κ1) is 26.2. The van der Waals surface area contributed by atoms with E-state index in [1.165, 1.54) is 6.07 Å². The fourth-order valence-corrected chi connectivity index (χ4v) is 5.71. The average molecular weight is 548 g/mol. The predicted molar refractivity (Wildman–Crippen MR) is 143 cm³/mol. The third kappa shape index (κ3) is 5.00. The van der Waals surface area contributed by atoms with Crippen molar-refractivity contribution in [3.8, 4) is 0 Å². The number of rotatable bonds is 6. The lowest BCUT2D eigenvalue weighted by molar-refractivity contribution is 0.0981. The molecule has 1 N–H and O–H groups in total. The Balaban J connectivity index is 1.61. The maximum atomic E-state index is 13.2. The molecule has 1 unspecified atom stereocenters. The van der Waals surface area contributed by atoms with E-state index >= 15 is 0 Å². The molecule has 1 fully saturated rings. The third-order valence-corrected chi connectivity index (χ3v) is 8.57. The summed E-state index contributed by atoms with van der Waals surface area (Å²) in [6, 6.07) is 12.7. The minimum absolute atomic E-state index is 0.185. The van der Waals surface area contributed by atoms with Crippen LogP contribution in [0, 0.1) is 5.92 Å². The molecule has 2 aromatic heterocycles. The van der Waals surface area contributed by atoms with Crippen molar-refractivity contribution >= 4 is 56.5 Å². The topological polar surface area (TPSA) is 95.5 Å². The number of hydrogen-bond acceptors (Lipinski definition) is 7. The van der Waals surface area contributed by atoms with Crippen molar-refractivity contribution in [2.75, 3.05) is 23.4 Å². The van der Waals surface area contributed by atoms with Crippen molar-refractivity contribution in [1.82, 2.24) is 14.7 Å². The summed E-state index contributed by atoms with van der Waals surface area (Å²) in [5.41, 5.74) is 0.546. The van der Waals surface area contributed by atoms with Crippen molar-refractivity contribution in [3.05, 3.63) is 70.3 Å². The van der Waals surface area contributed by atoms with Crippen LogP contribution in [-0.2, 0) is 10.0 Å². The summed E-state index contributed by atoms with van der Waals surface area (Å²) in [6.07, 6.45) is 2.55. The van der Waals surface area contributed by atoms with E-state index in [4.69, 9.17) is 23.2 Å². The molecule has 1 aliphatic heterocycles. The zero-order valence-electron chi connectivity index (χ0n) is 20.4. The van der Waals surface area contributed by atoms with E-state index in [0.717, 1.165) is 13.0 Å². The highest BCUT2D eigenvalue weighted by Gasteiger charge is 2.40. The molecule has 3 aromatic rings. The van der Waals surface area contributed by atoms with Crippen LogP contribution >= 0.6 is 23.2 Å². The highest BCUT2D eigenvalue weighted by Crippen LogP contribution is 2.38. The van der Waals surface area contributed by atoms with Crippen molar-refractivity contribution in [2.45, 2.75) is 37.8 Å². The van der Waals surface area contributed by atoms with Crippen LogP contribution in [0.4, 0.5) is 17.3 Å². The molecule has 4 rings (SSSR count). The first-order valence-electron chi connectivity index (χ1n) is 11.4. The zero-order valence-corrected chi connectivity index (χ0v) is 22.7. The first-order valence-corrected chi connectivity index (χ1v) is 13.6. The van der Waals surface area contributed by atoms with Crippen LogP contribution in [-0.4, -0.2) is 43.4 Å². The molecule has 8 nitrogen and oxygen atoms in total. The van der Waals surface area contributed by atoms with Crippen LogP contribution in [0.15, 0.2) is 59.8 Å². The monoisotopic (exact) mass is 547 g/mol. The number of carbonyl (C=O) groups is 1. The highest BCUT2D eigenvalue weighted by atomic mass is 35.5. The lowest BCUT2D eigenvalue weighted by Gasteiger charge is -2.36. The number of hydrogen-bond donors (Lipinski definition) is 1. The number of aromatic nitrogens is 2. The number of anilines is 3. The van der Waals surface area contributed by atoms with Gasteiger partial charge in [0.25, 0.3) is 15.9 Å². The second kappa shape index (κ2) is 9.88. The zero-order chi connectivity index (χ0) is 26.3. The van der Waals surface area contributed by atoms with Gasteiger partial charge in [0, 0.05) is 30.4 Å². The smallest absolute Gasteiger partial charge is 0.281 e. The molecule has 1 atom stereocenters. The van der Waals surface area contributed by atoms with E-state index in [-0.39, 0.29) is 16.1 Å². The van der Waals surface area contributed by atoms with Crippen molar-refractivity contribution in [1.29, 1.82) is 0 Å². The lowest BCUT2D eigenvalue weighted by atomic mass is 9.90. The number of halogens is 2. The number of benzene rings is 1. The molecule has 0 bridgehead atoms. The highest BCUT2D eigenvalue weighted by molar-refractivity contribution is 7.90. The van der Waals surface area contributed by atoms with Gasteiger partial charge in [-0.1, -0.05) is 36.2 Å². The second-order valence-corrected chi connectivity index (χ2v) is 11.8. The van der Waals surface area contributed by atoms with Crippen LogP contribution in [0.2, 0.25) is 10.0 Å². The van der Waals surface area contributed by atoms with Gasteiger partial charge in [-0.05, 0) is 68.7 Å². The molecule has 0 radical (unpaired) electrons. The minimum atomic E-state index is -4.28. The van der Waals surface area contributed by atoms with Gasteiger partial charge in [-0.2, -0.15) is 8.42 Å². The number of nitrogens with one attached hydrogen (secondary N) is 1. The van der Waals surface area contributed by atoms with E-state index in [1.54, 1.807) is 60.6 Å². The van der Waals surface area contributed by atoms with Gasteiger partial charge in [-0.3, -0.25) is 4.79 Å². The molecule has 0 aliphatic carbocycles. The van der Waals surface area contributed by atoms with E-state index in [1.807, 2.05) is 0 Å². The molecule has 190 valence electrons. The normalized spacial score (nSPS) is 17.2. The Labute approximate surface area is 221 Å². The first-order chi connectivity index (χ1) is 16.9. The van der Waals surface area contributed by atoms with Crippen LogP contribution in [0.25, 0.3) is 0 Å². The summed E-state index contributed by atoms with van der Waals surface area (Å²) in [5.74, 6) is 0.398. The quantitative estimate of drug-likeness (QED) is 0.447. The Morgan fingerprint density at radius 3 is 2.58 bits per heavy atom. The Morgan fingerprint density at radius 2 is 1.92 bits per heavy atom. The van der Waals surface area contributed by atoms with Gasteiger partial charge in [0.05, 0.1) is 16.3 Å². The average Bonchev–Trinajstić information content (AvgIpc) is 3.10. The Kier molecular flexibility index (Phi) is 7.19. The van der Waals surface area contributed by atoms with Gasteiger partial charge in [-0.15, -0.1) is 0 Å². The number of pyridine rings is 2. The summed E-state index contributed by atoms with van der Waals surface area (Å²) in [6.45, 7) is 7.06. The van der Waals surface area contributed by atoms with Crippen molar-refractivity contribution < 1.29 is 13.2 Å². The van der Waals surface area contributed by atoms with Gasteiger partial charge in [0.2, 0.25) is 0 Å². The molecule has 1 saturated heterocycles. The summed E-state index contributed by atoms with van der Waals surface area (Å²) in [4.78, 5) is 25.6. The number of sulfonamides is 1. The van der Waals surface area contributed by atoms with Gasteiger partial charge in [0.1, 0.15) is 11.6 Å². The van der Waals surface area contributed by atoms with Gasteiger partial charge in [0.15, 0.2) is 5.03 Å². The molecule has 1 aromatic carbocycles. The lowest BCUT2D eigenvalue weighted by Crippen LogP contribution is -2.43. The number of carbonyl (C=O) groups excluding carboxylic acids is 1. The van der Waals surface area contributed by atoms with Crippen LogP contribution in [0.5, 0.6) is 0 Å². The molecule has 1 amide bonds. The van der Waals surface area contributed by atoms with Crippen molar-refractivity contribution in [3.63, 3.8) is 0 Å². The molecule has 3 heterocycles.